The van der Waals surface area contributed by atoms with E-state index in [1.54, 1.807) is 0 Å². The summed E-state index contributed by atoms with van der Waals surface area (Å²) in [5, 5.41) is 18.4. The second kappa shape index (κ2) is 14.1. The van der Waals surface area contributed by atoms with Gasteiger partial charge in [-0.3, -0.25) is 4.98 Å². The smallest absolute Gasteiger partial charge is 0.305 e. The number of benzene rings is 2. The van der Waals surface area contributed by atoms with Crippen molar-refractivity contribution >= 4 is 54.6 Å². The molecule has 0 saturated carbocycles. The van der Waals surface area contributed by atoms with Gasteiger partial charge in [0.1, 0.15) is 19.0 Å². The number of aryl methyl sites for hydroxylation is 2. The maximum Gasteiger partial charge on any atom is 0.354 e. The molecule has 3 unspecified atom stereocenters. The molecule has 9 rings (SSSR count). The van der Waals surface area contributed by atoms with Gasteiger partial charge in [-0.25, -0.2) is 32.7 Å². The van der Waals surface area contributed by atoms with Crippen molar-refractivity contribution < 1.29 is 22.4 Å². The number of fused-ring (bicyclic) bond motifs is 5. The van der Waals surface area contributed by atoms with Crippen molar-refractivity contribution in [3.8, 4) is 0 Å². The molecule has 0 saturated heterocycles. The molecule has 2 aromatic heterocycles. The molecule has 0 radical (unpaired) electrons. The molecule has 0 bridgehead atoms. The Morgan fingerprint density at radius 1 is 0.807 bits per heavy atom. The van der Waals surface area contributed by atoms with Crippen molar-refractivity contribution in [3.05, 3.63) is 96.9 Å². The number of thiophene rings is 1. The third kappa shape index (κ3) is 7.01. The van der Waals surface area contributed by atoms with Crippen molar-refractivity contribution in [2.24, 2.45) is 24.4 Å². The number of carbonyl (C=O) groups is 2. The van der Waals surface area contributed by atoms with Gasteiger partial charge in [0.15, 0.2) is 15.7 Å². The summed E-state index contributed by atoms with van der Waals surface area (Å²) < 4.78 is 50.6. The minimum atomic E-state index is -3.92. The van der Waals surface area contributed by atoms with Gasteiger partial charge in [0.2, 0.25) is 0 Å². The van der Waals surface area contributed by atoms with Crippen LogP contribution < -0.4 is 20.9 Å². The van der Waals surface area contributed by atoms with Gasteiger partial charge in [-0.15, -0.1) is 20.1 Å². The Morgan fingerprint density at radius 3 is 1.96 bits per heavy atom. The highest BCUT2D eigenvalue weighted by Crippen LogP contribution is 2.53. The van der Waals surface area contributed by atoms with E-state index in [-0.39, 0.29) is 16.2 Å². The summed E-state index contributed by atoms with van der Waals surface area (Å²) in [4.78, 5) is 34.3. The van der Waals surface area contributed by atoms with Gasteiger partial charge in [0.25, 0.3) is 0 Å². The number of anilines is 2. The van der Waals surface area contributed by atoms with E-state index in [1.165, 1.54) is 34.1 Å². The van der Waals surface area contributed by atoms with Gasteiger partial charge in [0.05, 0.1) is 6.20 Å². The number of pyridine rings is 1. The van der Waals surface area contributed by atoms with Crippen molar-refractivity contribution in [1.29, 1.82) is 0 Å². The van der Waals surface area contributed by atoms with E-state index in [9.17, 15) is 22.4 Å². The first kappa shape index (κ1) is 38.5. The van der Waals surface area contributed by atoms with Crippen LogP contribution in [0.25, 0.3) is 0 Å². The normalized spacial score (nSPS) is 21.3. The van der Waals surface area contributed by atoms with Crippen molar-refractivity contribution in [2.45, 2.75) is 106 Å². The summed E-state index contributed by atoms with van der Waals surface area (Å²) in [6, 6.07) is 6.14. The average Bonchev–Trinajstić information content (AvgIpc) is 3.97. The summed E-state index contributed by atoms with van der Waals surface area (Å²) in [7, 11) is -5.34. The zero-order chi connectivity index (χ0) is 40.0. The molecule has 300 valence electrons. The Kier molecular flexibility index (Phi) is 9.48. The van der Waals surface area contributed by atoms with Crippen LogP contribution in [-0.2, 0) is 84.2 Å². The summed E-state index contributed by atoms with van der Waals surface area (Å²) in [5.41, 5.74) is 11.8. The third-order valence-electron chi connectivity index (χ3n) is 12.4. The van der Waals surface area contributed by atoms with E-state index >= 15 is 0 Å². The summed E-state index contributed by atoms with van der Waals surface area (Å²) in [6.45, 7) is 5.40. The molecule has 1 spiro atoms. The lowest BCUT2D eigenvalue weighted by Gasteiger charge is -2.22. The highest BCUT2D eigenvalue weighted by Gasteiger charge is 2.46. The first-order chi connectivity index (χ1) is 27.1. The predicted octanol–water partition coefficient (Wildman–Crippen LogP) is 7.12. The number of rotatable bonds is 5. The van der Waals surface area contributed by atoms with Gasteiger partial charge in [0, 0.05) is 35.0 Å². The maximum absolute atomic E-state index is 14.9. The number of amides is 4. The Hall–Kier alpha value is -4.06. The standard InChI is InChI=1S/C41H47FN8O4S3/c1-22(2)33-15-35(32(42)20-45-33)56(43,53)48-39(51)46-37-28-8-4-6-23(28)12-26-16-41(18-30(26)37)17-27-13-24-7-5-9-29(24)38(31(27)19-41)47-40(52)49-57(44,54)36-14-25-10-11-50(3)21-34(25)55-36/h12-15,20,22H,4-11,16-19,21H2,1-3H3,(H3,43,46,48,51,53)(H3,44,47,49,52,54). The largest absolute Gasteiger partial charge is 0.354 e. The van der Waals surface area contributed by atoms with Gasteiger partial charge in [-0.1, -0.05) is 26.0 Å². The average molecular weight is 831 g/mol. The maximum atomic E-state index is 14.9. The molecule has 57 heavy (non-hydrogen) atoms. The van der Waals surface area contributed by atoms with Crippen LogP contribution in [-0.4, -0.2) is 44.0 Å². The zero-order valence-corrected chi connectivity index (χ0v) is 34.8. The molecule has 16 heteroatoms. The molecule has 4 aromatic rings. The number of likely N-dealkylation sites (N-methyl/N-ethyl adjacent to an activating group) is 1. The monoisotopic (exact) mass is 830 g/mol. The zero-order valence-electron chi connectivity index (χ0n) is 32.3. The molecule has 6 N–H and O–H groups in total. The Bertz CT molecular complexity index is 2680. The molecular formula is C41H47FN8O4S3. The van der Waals surface area contributed by atoms with Crippen LogP contribution in [0, 0.1) is 11.2 Å². The number of nitrogens with two attached hydrogens (primary N) is 2. The van der Waals surface area contributed by atoms with Crippen LogP contribution in [0.2, 0.25) is 0 Å². The van der Waals surface area contributed by atoms with Gasteiger partial charge < -0.3 is 15.5 Å². The molecule has 3 heterocycles. The van der Waals surface area contributed by atoms with Crippen LogP contribution in [0.4, 0.5) is 25.4 Å². The second-order valence-corrected chi connectivity index (χ2v) is 21.8. The summed E-state index contributed by atoms with van der Waals surface area (Å²) >= 11 is 1.37. The van der Waals surface area contributed by atoms with E-state index in [1.807, 2.05) is 27.0 Å². The Labute approximate surface area is 337 Å². The fourth-order valence-electron chi connectivity index (χ4n) is 9.80. The first-order valence-corrected chi connectivity index (χ1v) is 23.6. The first-order valence-electron chi connectivity index (χ1n) is 19.6. The van der Waals surface area contributed by atoms with E-state index in [0.29, 0.717) is 28.4 Å². The lowest BCUT2D eigenvalue weighted by atomic mass is 9.81. The number of hydrogen-bond donors (Lipinski definition) is 4. The minimum absolute atomic E-state index is 0.0750. The number of carbonyl (C=O) groups excluding carboxylic acids is 2. The Morgan fingerprint density at radius 2 is 1.39 bits per heavy atom. The van der Waals surface area contributed by atoms with Crippen LogP contribution in [0.3, 0.4) is 0 Å². The molecule has 12 nitrogen and oxygen atoms in total. The third-order valence-corrected chi connectivity index (χ3v) is 16.9. The quantitative estimate of drug-likeness (QED) is 0.166. The molecule has 2 aromatic carbocycles. The molecule has 3 atom stereocenters. The van der Waals surface area contributed by atoms with E-state index < -0.39 is 37.7 Å². The Balaban J connectivity index is 1.01. The van der Waals surface area contributed by atoms with Gasteiger partial charge in [-0.2, -0.15) is 0 Å². The number of urea groups is 2. The van der Waals surface area contributed by atoms with E-state index in [0.717, 1.165) is 121 Å². The second-order valence-electron chi connectivity index (χ2n) is 16.8. The van der Waals surface area contributed by atoms with Crippen molar-refractivity contribution in [2.75, 3.05) is 24.2 Å². The lowest BCUT2D eigenvalue weighted by molar-refractivity contribution is 0.259. The number of aromatic nitrogens is 1. The number of nitrogens with zero attached hydrogens (tertiary/aromatic N) is 4. The summed E-state index contributed by atoms with van der Waals surface area (Å²) in [6.07, 6.45) is 10.1. The molecule has 0 fully saturated rings. The fourth-order valence-corrected chi connectivity index (χ4v) is 13.4. The van der Waals surface area contributed by atoms with Crippen LogP contribution >= 0.6 is 11.3 Å². The number of nitrogens with one attached hydrogen (secondary N) is 2. The fraction of sp³-hybridized carbons (Fsp3) is 0.439. The number of hydrogen-bond acceptors (Lipinski definition) is 7. The van der Waals surface area contributed by atoms with E-state index in [4.69, 9.17) is 10.3 Å². The van der Waals surface area contributed by atoms with Gasteiger partial charge >= 0.3 is 12.1 Å². The topological polar surface area (TPSA) is 185 Å². The molecule has 4 aliphatic carbocycles. The molecule has 5 aliphatic rings. The molecular weight excluding hydrogens is 784 g/mol. The number of halogens is 1. The highest BCUT2D eigenvalue weighted by molar-refractivity contribution is 7.93. The molecule has 1 aliphatic heterocycles. The SMILES string of the molecule is CC(C)c1cc(S(N)(=O)=NC(=O)Nc2c3c(cc4c2CC2(Cc5cc6c(c(NC(=O)N=S(N)(=O)c7cc8c(s7)CN(C)CC8)c5C2)CCC6)C4)CCC3)c(F)cn1. The van der Waals surface area contributed by atoms with E-state index in [2.05, 4.69) is 41.4 Å². The summed E-state index contributed by atoms with van der Waals surface area (Å²) in [5.74, 6) is -0.956. The van der Waals surface area contributed by atoms with Crippen LogP contribution in [0.15, 0.2) is 48.3 Å². The lowest BCUT2D eigenvalue weighted by Crippen LogP contribution is -2.24. The van der Waals surface area contributed by atoms with Crippen LogP contribution in [0.5, 0.6) is 0 Å². The highest BCUT2D eigenvalue weighted by atomic mass is 32.2. The van der Waals surface area contributed by atoms with Crippen LogP contribution in [0.1, 0.15) is 93.2 Å². The molecule has 4 amide bonds. The predicted molar refractivity (Wildman–Crippen MR) is 221 cm³/mol. The minimum Gasteiger partial charge on any atom is -0.305 e. The van der Waals surface area contributed by atoms with Crippen molar-refractivity contribution in [3.63, 3.8) is 0 Å². The van der Waals surface area contributed by atoms with Gasteiger partial charge in [-0.05, 0) is 151 Å². The van der Waals surface area contributed by atoms with Crippen molar-refractivity contribution in [1.82, 2.24) is 9.88 Å².